The largest absolute Gasteiger partial charge is 0.312 e. The van der Waals surface area contributed by atoms with Gasteiger partial charge in [0.2, 0.25) is 15.9 Å². The molecule has 5 nitrogen and oxygen atoms in total. The van der Waals surface area contributed by atoms with Gasteiger partial charge in [-0.05, 0) is 60.4 Å². The van der Waals surface area contributed by atoms with Gasteiger partial charge in [-0.1, -0.05) is 36.8 Å². The van der Waals surface area contributed by atoms with E-state index in [4.69, 9.17) is 0 Å². The van der Waals surface area contributed by atoms with Crippen LogP contribution < -0.4 is 4.90 Å². The highest BCUT2D eigenvalue weighted by atomic mass is 32.2. The van der Waals surface area contributed by atoms with Crippen LogP contribution in [0.4, 0.5) is 5.69 Å². The minimum atomic E-state index is -3.56. The fourth-order valence-corrected chi connectivity index (χ4v) is 6.67. The zero-order chi connectivity index (χ0) is 20.0. The van der Waals surface area contributed by atoms with Crippen LogP contribution in [0.1, 0.15) is 48.3 Å². The number of anilines is 1. The summed E-state index contributed by atoms with van der Waals surface area (Å²) in [5, 5.41) is 0. The smallest absolute Gasteiger partial charge is 0.243 e. The molecule has 2 aromatic carbocycles. The van der Waals surface area contributed by atoms with E-state index in [1.165, 1.54) is 5.56 Å². The molecule has 152 valence electrons. The number of amides is 1. The fraction of sp³-hybridized carbons (Fsp3) is 0.435. The summed E-state index contributed by atoms with van der Waals surface area (Å²) in [4.78, 5) is 14.4. The standard InChI is InChI=1S/C23H26N2O3S/c26-22-10-9-18-14-21(15-19-11-13-25(22)23(18)19)29(27,28)24-12-5-4-8-20(16-24)17-6-2-1-3-7-17/h1-3,6-7,14-15,20H,4-5,8-13,16H2. The first kappa shape index (κ1) is 18.8. The molecule has 0 N–H and O–H groups in total. The molecule has 0 aliphatic carbocycles. The van der Waals surface area contributed by atoms with Gasteiger partial charge in [0.1, 0.15) is 0 Å². The lowest BCUT2D eigenvalue weighted by Crippen LogP contribution is -2.35. The Kier molecular flexibility index (Phi) is 4.71. The molecule has 3 aliphatic rings. The van der Waals surface area contributed by atoms with Gasteiger partial charge in [0.25, 0.3) is 0 Å². The monoisotopic (exact) mass is 410 g/mol. The minimum absolute atomic E-state index is 0.157. The number of hydrogen-bond donors (Lipinski definition) is 0. The van der Waals surface area contributed by atoms with E-state index in [0.29, 0.717) is 37.4 Å². The summed E-state index contributed by atoms with van der Waals surface area (Å²) in [5.74, 6) is 0.388. The van der Waals surface area contributed by atoms with Gasteiger partial charge < -0.3 is 4.90 Å². The van der Waals surface area contributed by atoms with Gasteiger partial charge in [-0.3, -0.25) is 4.79 Å². The number of carbonyl (C=O) groups excluding carboxylic acids is 1. The second-order valence-electron chi connectivity index (χ2n) is 8.35. The van der Waals surface area contributed by atoms with Crippen molar-refractivity contribution in [1.82, 2.24) is 4.31 Å². The number of benzene rings is 2. The number of hydrogen-bond acceptors (Lipinski definition) is 3. The maximum Gasteiger partial charge on any atom is 0.243 e. The second-order valence-corrected chi connectivity index (χ2v) is 10.3. The summed E-state index contributed by atoms with van der Waals surface area (Å²) in [7, 11) is -3.56. The molecule has 0 radical (unpaired) electrons. The van der Waals surface area contributed by atoms with Crippen molar-refractivity contribution in [1.29, 1.82) is 0 Å². The van der Waals surface area contributed by atoms with E-state index in [1.807, 2.05) is 35.2 Å². The number of nitrogens with zero attached hydrogens (tertiary/aromatic N) is 2. The van der Waals surface area contributed by atoms with E-state index in [0.717, 1.165) is 42.5 Å². The number of aryl methyl sites for hydroxylation is 1. The highest BCUT2D eigenvalue weighted by Gasteiger charge is 2.35. The van der Waals surface area contributed by atoms with E-state index < -0.39 is 10.0 Å². The van der Waals surface area contributed by atoms with Crippen LogP contribution in [0, 0.1) is 0 Å². The molecule has 0 saturated carbocycles. The summed E-state index contributed by atoms with van der Waals surface area (Å²) >= 11 is 0. The zero-order valence-electron chi connectivity index (χ0n) is 16.5. The van der Waals surface area contributed by atoms with Crippen LogP contribution in [0.2, 0.25) is 0 Å². The molecular weight excluding hydrogens is 384 g/mol. The quantitative estimate of drug-likeness (QED) is 0.778. The Morgan fingerprint density at radius 2 is 1.66 bits per heavy atom. The van der Waals surface area contributed by atoms with Gasteiger partial charge in [-0.25, -0.2) is 8.42 Å². The molecule has 6 heteroatoms. The van der Waals surface area contributed by atoms with Crippen molar-refractivity contribution >= 4 is 21.6 Å². The maximum absolute atomic E-state index is 13.6. The Morgan fingerprint density at radius 3 is 2.45 bits per heavy atom. The molecule has 1 atom stereocenters. The molecule has 0 bridgehead atoms. The third-order valence-electron chi connectivity index (χ3n) is 6.57. The first-order valence-electron chi connectivity index (χ1n) is 10.6. The first-order valence-corrected chi connectivity index (χ1v) is 12.0. The third kappa shape index (κ3) is 3.28. The van der Waals surface area contributed by atoms with Crippen LogP contribution in [0.3, 0.4) is 0 Å². The average Bonchev–Trinajstić information content (AvgIpc) is 3.01. The average molecular weight is 411 g/mol. The number of carbonyl (C=O) groups is 1. The minimum Gasteiger partial charge on any atom is -0.312 e. The molecule has 0 spiro atoms. The van der Waals surface area contributed by atoms with Crippen molar-refractivity contribution < 1.29 is 13.2 Å². The van der Waals surface area contributed by atoms with E-state index in [9.17, 15) is 13.2 Å². The molecule has 29 heavy (non-hydrogen) atoms. The predicted molar refractivity (Wildman–Crippen MR) is 113 cm³/mol. The van der Waals surface area contributed by atoms with Crippen LogP contribution in [0.25, 0.3) is 0 Å². The first-order chi connectivity index (χ1) is 14.0. The normalized spacial score (nSPS) is 22.4. The Bertz CT molecular complexity index is 1050. The topological polar surface area (TPSA) is 57.7 Å². The van der Waals surface area contributed by atoms with E-state index in [2.05, 4.69) is 12.1 Å². The van der Waals surface area contributed by atoms with Crippen molar-refractivity contribution in [3.05, 3.63) is 59.2 Å². The van der Waals surface area contributed by atoms with Crippen LogP contribution in [0.5, 0.6) is 0 Å². The third-order valence-corrected chi connectivity index (χ3v) is 8.41. The zero-order valence-corrected chi connectivity index (χ0v) is 17.3. The van der Waals surface area contributed by atoms with Gasteiger partial charge in [0.05, 0.1) is 10.6 Å². The Labute approximate surface area is 172 Å². The summed E-state index contributed by atoms with van der Waals surface area (Å²) in [6, 6.07) is 13.9. The predicted octanol–water partition coefficient (Wildman–Crippen LogP) is 3.48. The van der Waals surface area contributed by atoms with Gasteiger partial charge >= 0.3 is 0 Å². The van der Waals surface area contributed by atoms with Crippen LogP contribution in [0.15, 0.2) is 47.4 Å². The van der Waals surface area contributed by atoms with Gasteiger partial charge in [0, 0.05) is 26.1 Å². The SMILES string of the molecule is O=C1CCc2cc(S(=O)(=O)N3CCCCC(c4ccccc4)C3)cc3c2N1CC3. The van der Waals surface area contributed by atoms with Gasteiger partial charge in [-0.2, -0.15) is 4.31 Å². The van der Waals surface area contributed by atoms with Crippen LogP contribution in [-0.2, 0) is 27.7 Å². The molecule has 2 aromatic rings. The summed E-state index contributed by atoms with van der Waals surface area (Å²) < 4.78 is 28.9. The maximum atomic E-state index is 13.6. The van der Waals surface area contributed by atoms with E-state index in [1.54, 1.807) is 4.31 Å². The van der Waals surface area contributed by atoms with Crippen LogP contribution >= 0.6 is 0 Å². The molecular formula is C23H26N2O3S. The van der Waals surface area contributed by atoms with Crippen molar-refractivity contribution in [3.63, 3.8) is 0 Å². The lowest BCUT2D eigenvalue weighted by Gasteiger charge is -2.27. The molecule has 3 heterocycles. The molecule has 1 amide bonds. The summed E-state index contributed by atoms with van der Waals surface area (Å²) in [6.07, 6.45) is 4.79. The Balaban J connectivity index is 1.49. The highest BCUT2D eigenvalue weighted by Crippen LogP contribution is 2.39. The molecule has 1 fully saturated rings. The second kappa shape index (κ2) is 7.26. The summed E-state index contributed by atoms with van der Waals surface area (Å²) in [6.45, 7) is 1.77. The van der Waals surface area contributed by atoms with Gasteiger partial charge in [0.15, 0.2) is 0 Å². The van der Waals surface area contributed by atoms with Gasteiger partial charge in [-0.15, -0.1) is 0 Å². The molecule has 5 rings (SSSR count). The van der Waals surface area contributed by atoms with Crippen molar-refractivity contribution in [2.75, 3.05) is 24.5 Å². The number of sulfonamides is 1. The lowest BCUT2D eigenvalue weighted by molar-refractivity contribution is -0.118. The Hall–Kier alpha value is -2.18. The number of rotatable bonds is 3. The van der Waals surface area contributed by atoms with Crippen molar-refractivity contribution in [3.8, 4) is 0 Å². The van der Waals surface area contributed by atoms with Crippen molar-refractivity contribution in [2.45, 2.75) is 49.3 Å². The molecule has 1 saturated heterocycles. The molecule has 0 aromatic heterocycles. The van der Waals surface area contributed by atoms with E-state index in [-0.39, 0.29) is 11.8 Å². The molecule has 1 unspecified atom stereocenters. The van der Waals surface area contributed by atoms with Crippen LogP contribution in [-0.4, -0.2) is 38.3 Å². The van der Waals surface area contributed by atoms with Crippen molar-refractivity contribution in [2.24, 2.45) is 0 Å². The molecule has 3 aliphatic heterocycles. The highest BCUT2D eigenvalue weighted by molar-refractivity contribution is 7.89. The Morgan fingerprint density at radius 1 is 0.897 bits per heavy atom. The van der Waals surface area contributed by atoms with E-state index >= 15 is 0 Å². The summed E-state index contributed by atoms with van der Waals surface area (Å²) in [5.41, 5.74) is 4.20. The fourth-order valence-electron chi connectivity index (χ4n) is 5.05. The lowest BCUT2D eigenvalue weighted by atomic mass is 9.95.